The van der Waals surface area contributed by atoms with Crippen molar-refractivity contribution < 1.29 is 24.9 Å². The minimum Gasteiger partial charge on any atom is -0.394 e. The van der Waals surface area contributed by atoms with Crippen molar-refractivity contribution in [1.29, 1.82) is 0 Å². The first-order valence-electron chi connectivity index (χ1n) is 5.47. The Morgan fingerprint density at radius 3 is 2.68 bits per heavy atom. The van der Waals surface area contributed by atoms with Crippen molar-refractivity contribution in [1.82, 2.24) is 10.3 Å². The number of ether oxygens (including phenoxy) is 1. The zero-order chi connectivity index (χ0) is 13.1. The lowest BCUT2D eigenvalue weighted by Crippen LogP contribution is -2.43. The number of carbonyl (C=O) groups excluding carboxylic acids is 1. The molecule has 1 fully saturated rings. The van der Waals surface area contributed by atoms with Gasteiger partial charge in [-0.05, 0) is 12.1 Å². The lowest BCUT2D eigenvalue weighted by atomic mass is 10.1. The molecule has 106 valence electrons. The van der Waals surface area contributed by atoms with Crippen LogP contribution in [0.1, 0.15) is 10.4 Å². The van der Waals surface area contributed by atoms with Crippen LogP contribution in [0.2, 0.25) is 0 Å². The molecule has 1 amide bonds. The van der Waals surface area contributed by atoms with Gasteiger partial charge in [0.2, 0.25) is 0 Å². The molecule has 0 radical (unpaired) electrons. The molecule has 0 saturated carbocycles. The van der Waals surface area contributed by atoms with Crippen molar-refractivity contribution in [2.24, 2.45) is 0 Å². The van der Waals surface area contributed by atoms with Gasteiger partial charge >= 0.3 is 0 Å². The van der Waals surface area contributed by atoms with Crippen LogP contribution in [0.3, 0.4) is 0 Å². The van der Waals surface area contributed by atoms with E-state index < -0.39 is 37.1 Å². The van der Waals surface area contributed by atoms with E-state index in [-0.39, 0.29) is 12.4 Å². The summed E-state index contributed by atoms with van der Waals surface area (Å²) < 4.78 is 5.12. The van der Waals surface area contributed by atoms with Gasteiger partial charge in [-0.2, -0.15) is 0 Å². The second-order valence-electron chi connectivity index (χ2n) is 3.97. The summed E-state index contributed by atoms with van der Waals surface area (Å²) in [6.45, 7) is -0.433. The van der Waals surface area contributed by atoms with Crippen molar-refractivity contribution in [2.45, 2.75) is 24.5 Å². The highest BCUT2D eigenvalue weighted by Gasteiger charge is 2.43. The number of carbonyl (C=O) groups is 1. The maximum atomic E-state index is 11.8. The Bertz CT molecular complexity index is 419. The smallest absolute Gasteiger partial charge is 0.254 e. The standard InChI is InChI=1S/C11H14N2O5.ClH/c14-5-7-8(15)9(16)11(18-7)13-10(17)6-2-1-3-12-4-6;/h1-4,7-9,11,14-16H,5H2,(H,13,17);1H/t7-,8-,9-,11?;/m1./s1. The number of aliphatic hydroxyl groups is 3. The predicted octanol–water partition coefficient (Wildman–Crippen LogP) is -1.33. The molecular weight excluding hydrogens is 276 g/mol. The highest BCUT2D eigenvalue weighted by molar-refractivity contribution is 5.93. The molecule has 1 aliphatic heterocycles. The summed E-state index contributed by atoms with van der Waals surface area (Å²) in [5, 5.41) is 30.5. The van der Waals surface area contributed by atoms with E-state index in [1.807, 2.05) is 0 Å². The molecular formula is C11H15ClN2O5. The third-order valence-corrected chi connectivity index (χ3v) is 2.74. The van der Waals surface area contributed by atoms with Gasteiger partial charge in [-0.15, -0.1) is 12.4 Å². The summed E-state index contributed by atoms with van der Waals surface area (Å²) in [5.41, 5.74) is 0.315. The van der Waals surface area contributed by atoms with Crippen LogP contribution in [0.15, 0.2) is 24.5 Å². The van der Waals surface area contributed by atoms with E-state index in [4.69, 9.17) is 9.84 Å². The monoisotopic (exact) mass is 290 g/mol. The first-order chi connectivity index (χ1) is 8.63. The van der Waals surface area contributed by atoms with E-state index in [0.29, 0.717) is 5.56 Å². The number of pyridine rings is 1. The predicted molar refractivity (Wildman–Crippen MR) is 66.7 cm³/mol. The molecule has 1 unspecified atom stereocenters. The first-order valence-corrected chi connectivity index (χ1v) is 5.47. The molecule has 19 heavy (non-hydrogen) atoms. The fraction of sp³-hybridized carbons (Fsp3) is 0.455. The Morgan fingerprint density at radius 1 is 1.42 bits per heavy atom. The lowest BCUT2D eigenvalue weighted by Gasteiger charge is -2.16. The number of halogens is 1. The number of nitrogens with one attached hydrogen (secondary N) is 1. The van der Waals surface area contributed by atoms with Gasteiger partial charge in [0.05, 0.1) is 12.2 Å². The van der Waals surface area contributed by atoms with E-state index in [0.717, 1.165) is 0 Å². The number of hydrogen-bond acceptors (Lipinski definition) is 6. The quantitative estimate of drug-likeness (QED) is 0.549. The summed E-state index contributed by atoms with van der Waals surface area (Å²) in [5.74, 6) is -0.474. The number of aromatic nitrogens is 1. The average molecular weight is 291 g/mol. The molecule has 0 aliphatic carbocycles. The topological polar surface area (TPSA) is 112 Å². The molecule has 7 nitrogen and oxygen atoms in total. The van der Waals surface area contributed by atoms with Crippen LogP contribution in [0.4, 0.5) is 0 Å². The van der Waals surface area contributed by atoms with Crippen LogP contribution in [0, 0.1) is 0 Å². The number of aliphatic hydroxyl groups excluding tert-OH is 3. The van der Waals surface area contributed by atoms with Crippen LogP contribution in [-0.2, 0) is 4.74 Å². The Balaban J connectivity index is 0.00000180. The maximum Gasteiger partial charge on any atom is 0.254 e. The Morgan fingerprint density at radius 2 is 2.16 bits per heavy atom. The number of hydrogen-bond donors (Lipinski definition) is 4. The van der Waals surface area contributed by atoms with Gasteiger partial charge in [0.1, 0.15) is 18.3 Å². The SMILES string of the molecule is Cl.O=C(NC1O[C@H](CO)[C@@H](O)[C@H]1O)c1cccnc1. The zero-order valence-electron chi connectivity index (χ0n) is 9.84. The fourth-order valence-electron chi connectivity index (χ4n) is 1.73. The summed E-state index contributed by atoms with van der Waals surface area (Å²) >= 11 is 0. The van der Waals surface area contributed by atoms with Gasteiger partial charge in [-0.25, -0.2) is 0 Å². The summed E-state index contributed by atoms with van der Waals surface area (Å²) in [6, 6.07) is 3.16. The molecule has 0 spiro atoms. The van der Waals surface area contributed by atoms with Crippen LogP contribution >= 0.6 is 12.4 Å². The Hall–Kier alpha value is -1.25. The fourth-order valence-corrected chi connectivity index (χ4v) is 1.73. The van der Waals surface area contributed by atoms with Gasteiger partial charge < -0.3 is 25.4 Å². The number of nitrogens with zero attached hydrogens (tertiary/aromatic N) is 1. The van der Waals surface area contributed by atoms with E-state index in [9.17, 15) is 15.0 Å². The van der Waals surface area contributed by atoms with Crippen molar-refractivity contribution in [3.05, 3.63) is 30.1 Å². The second-order valence-corrected chi connectivity index (χ2v) is 3.97. The minimum absolute atomic E-state index is 0. The van der Waals surface area contributed by atoms with Gasteiger partial charge in [0.25, 0.3) is 5.91 Å². The lowest BCUT2D eigenvalue weighted by molar-refractivity contribution is -0.0304. The molecule has 2 heterocycles. The third-order valence-electron chi connectivity index (χ3n) is 2.74. The third kappa shape index (κ3) is 3.40. The highest BCUT2D eigenvalue weighted by Crippen LogP contribution is 2.19. The van der Waals surface area contributed by atoms with E-state index in [2.05, 4.69) is 10.3 Å². The van der Waals surface area contributed by atoms with Crippen LogP contribution in [0.5, 0.6) is 0 Å². The Kier molecular flexibility index (Phi) is 5.64. The molecule has 4 N–H and O–H groups in total. The molecule has 0 aromatic carbocycles. The normalized spacial score (nSPS) is 29.6. The van der Waals surface area contributed by atoms with E-state index in [1.165, 1.54) is 12.4 Å². The van der Waals surface area contributed by atoms with Gasteiger partial charge in [-0.1, -0.05) is 0 Å². The van der Waals surface area contributed by atoms with Gasteiger partial charge in [-0.3, -0.25) is 9.78 Å². The van der Waals surface area contributed by atoms with E-state index >= 15 is 0 Å². The largest absolute Gasteiger partial charge is 0.394 e. The second kappa shape index (κ2) is 6.78. The molecule has 1 aliphatic rings. The molecule has 1 aromatic heterocycles. The summed E-state index contributed by atoms with van der Waals surface area (Å²) in [7, 11) is 0. The molecule has 1 aromatic rings. The molecule has 2 rings (SSSR count). The van der Waals surface area contributed by atoms with Crippen molar-refractivity contribution in [3.63, 3.8) is 0 Å². The zero-order valence-corrected chi connectivity index (χ0v) is 10.7. The molecule has 8 heteroatoms. The number of rotatable bonds is 3. The molecule has 4 atom stereocenters. The average Bonchev–Trinajstić information content (AvgIpc) is 2.67. The highest BCUT2D eigenvalue weighted by atomic mass is 35.5. The first kappa shape index (κ1) is 15.8. The van der Waals surface area contributed by atoms with Crippen molar-refractivity contribution in [2.75, 3.05) is 6.61 Å². The minimum atomic E-state index is -1.28. The van der Waals surface area contributed by atoms with Crippen LogP contribution in [-0.4, -0.2) is 57.4 Å². The van der Waals surface area contributed by atoms with Gasteiger partial charge in [0, 0.05) is 12.4 Å². The summed E-state index contributed by atoms with van der Waals surface area (Å²) in [6.07, 6.45) is -1.55. The molecule has 0 bridgehead atoms. The number of amides is 1. The van der Waals surface area contributed by atoms with Crippen LogP contribution in [0.25, 0.3) is 0 Å². The van der Waals surface area contributed by atoms with Gasteiger partial charge in [0.15, 0.2) is 6.23 Å². The van der Waals surface area contributed by atoms with E-state index in [1.54, 1.807) is 12.1 Å². The van der Waals surface area contributed by atoms with Crippen molar-refractivity contribution >= 4 is 18.3 Å². The maximum absolute atomic E-state index is 11.8. The van der Waals surface area contributed by atoms with Crippen molar-refractivity contribution in [3.8, 4) is 0 Å². The van der Waals surface area contributed by atoms with Crippen LogP contribution < -0.4 is 5.32 Å². The Labute approximate surface area is 115 Å². The summed E-state index contributed by atoms with van der Waals surface area (Å²) in [4.78, 5) is 15.6. The molecule has 1 saturated heterocycles.